The summed E-state index contributed by atoms with van der Waals surface area (Å²) >= 11 is 0. The first kappa shape index (κ1) is 9.05. The minimum Gasteiger partial charge on any atom is -0.301 e. The highest BCUT2D eigenvalue weighted by atomic mass is 16.1. The molecule has 0 aromatic rings. The highest BCUT2D eigenvalue weighted by Gasteiger charge is 2.06. The van der Waals surface area contributed by atoms with Gasteiger partial charge in [-0.2, -0.15) is 4.99 Å². The molecular weight excluding hydrogens is 130 g/mol. The molecule has 0 amide bonds. The van der Waals surface area contributed by atoms with Crippen LogP contribution >= 0.6 is 0 Å². The van der Waals surface area contributed by atoms with E-state index in [1.165, 1.54) is 6.08 Å². The van der Waals surface area contributed by atoms with Gasteiger partial charge in [-0.1, -0.05) is 13.8 Å². The van der Waals surface area contributed by atoms with Crippen molar-refractivity contribution in [3.63, 3.8) is 0 Å². The largest absolute Gasteiger partial charge is 0.301 e. The molecule has 0 rings (SSSR count). The van der Waals surface area contributed by atoms with Crippen LogP contribution in [0, 0.1) is 5.92 Å². The molecule has 0 aromatic heterocycles. The smallest absolute Gasteiger partial charge is 0.235 e. The van der Waals surface area contributed by atoms with Gasteiger partial charge >= 0.3 is 0 Å². The molecule has 0 heterocycles. The maximum atomic E-state index is 10.2. The Hall–Kier alpha value is -0.950. The van der Waals surface area contributed by atoms with Crippen LogP contribution < -0.4 is 0 Å². The maximum Gasteiger partial charge on any atom is 0.235 e. The van der Waals surface area contributed by atoms with Gasteiger partial charge in [0.1, 0.15) is 12.3 Å². The lowest BCUT2D eigenvalue weighted by molar-refractivity contribution is -0.109. The van der Waals surface area contributed by atoms with E-state index in [2.05, 4.69) is 4.99 Å². The van der Waals surface area contributed by atoms with Gasteiger partial charge < -0.3 is 4.79 Å². The van der Waals surface area contributed by atoms with Gasteiger partial charge in [0.2, 0.25) is 6.08 Å². The van der Waals surface area contributed by atoms with Gasteiger partial charge in [0.05, 0.1) is 0 Å². The molecule has 0 aliphatic rings. The van der Waals surface area contributed by atoms with Crippen LogP contribution in [0.2, 0.25) is 0 Å². The first-order valence-corrected chi connectivity index (χ1v) is 3.23. The lowest BCUT2D eigenvalue weighted by Crippen LogP contribution is -2.08. The second-order valence-electron chi connectivity index (χ2n) is 2.55. The van der Waals surface area contributed by atoms with E-state index in [1.807, 2.05) is 13.8 Å². The summed E-state index contributed by atoms with van der Waals surface area (Å²) in [5.74, 6) is 0.382. The van der Waals surface area contributed by atoms with Crippen LogP contribution in [-0.2, 0) is 9.59 Å². The fourth-order valence-electron chi connectivity index (χ4n) is 0.689. The minimum atomic E-state index is -0.488. The molecule has 0 unspecified atom stereocenters. The van der Waals surface area contributed by atoms with Crippen molar-refractivity contribution < 1.29 is 9.59 Å². The molecule has 0 aliphatic heterocycles. The molecule has 56 valence electrons. The third-order valence-corrected chi connectivity index (χ3v) is 1.09. The fourth-order valence-corrected chi connectivity index (χ4v) is 0.689. The van der Waals surface area contributed by atoms with Crippen molar-refractivity contribution in [1.29, 1.82) is 0 Å². The molecule has 0 bridgehead atoms. The van der Waals surface area contributed by atoms with Crippen molar-refractivity contribution >= 4 is 12.4 Å². The van der Waals surface area contributed by atoms with E-state index in [-0.39, 0.29) is 0 Å². The second-order valence-corrected chi connectivity index (χ2v) is 2.55. The summed E-state index contributed by atoms with van der Waals surface area (Å²) in [6.07, 6.45) is 2.66. The molecule has 0 saturated heterocycles. The summed E-state index contributed by atoms with van der Waals surface area (Å²) in [5, 5.41) is 0. The predicted molar refractivity (Wildman–Crippen MR) is 37.4 cm³/mol. The molecule has 0 radical (unpaired) electrons. The Morgan fingerprint density at radius 1 is 1.60 bits per heavy atom. The van der Waals surface area contributed by atoms with Gasteiger partial charge in [0.15, 0.2) is 0 Å². The number of isocyanates is 1. The van der Waals surface area contributed by atoms with Crippen molar-refractivity contribution in [2.45, 2.75) is 26.3 Å². The zero-order chi connectivity index (χ0) is 7.98. The standard InChI is InChI=1S/C7H11NO2/c1-6(2)3-7(4-9)8-5-10/h4,6-7H,3H2,1-2H3/t7-/m0/s1. The number of aliphatic imine (C=N–C) groups is 1. The van der Waals surface area contributed by atoms with Crippen LogP contribution in [-0.4, -0.2) is 18.4 Å². The fraction of sp³-hybridized carbons (Fsp3) is 0.714. The Bertz CT molecular complexity index is 148. The highest BCUT2D eigenvalue weighted by Crippen LogP contribution is 2.04. The normalized spacial score (nSPS) is 12.3. The van der Waals surface area contributed by atoms with Gasteiger partial charge in [-0.25, -0.2) is 4.79 Å². The second kappa shape index (κ2) is 4.89. The van der Waals surface area contributed by atoms with E-state index >= 15 is 0 Å². The Balaban J connectivity index is 3.82. The molecule has 0 aliphatic carbocycles. The molecule has 3 nitrogen and oxygen atoms in total. The number of nitrogens with zero attached hydrogens (tertiary/aromatic N) is 1. The number of hydrogen-bond donors (Lipinski definition) is 0. The third-order valence-electron chi connectivity index (χ3n) is 1.09. The summed E-state index contributed by atoms with van der Waals surface area (Å²) in [4.78, 5) is 23.2. The Morgan fingerprint density at radius 3 is 2.50 bits per heavy atom. The zero-order valence-electron chi connectivity index (χ0n) is 6.20. The maximum absolute atomic E-state index is 10.2. The van der Waals surface area contributed by atoms with Crippen LogP contribution in [0.3, 0.4) is 0 Å². The highest BCUT2D eigenvalue weighted by molar-refractivity contribution is 5.59. The predicted octanol–water partition coefficient (Wildman–Crippen LogP) is 0.936. The molecule has 1 atom stereocenters. The van der Waals surface area contributed by atoms with E-state index in [0.717, 1.165) is 0 Å². The van der Waals surface area contributed by atoms with Crippen LogP contribution in [0.4, 0.5) is 0 Å². The Morgan fingerprint density at radius 2 is 2.20 bits per heavy atom. The lowest BCUT2D eigenvalue weighted by atomic mass is 10.1. The van der Waals surface area contributed by atoms with Crippen LogP contribution in [0.25, 0.3) is 0 Å². The van der Waals surface area contributed by atoms with Gasteiger partial charge in [-0.05, 0) is 12.3 Å². The van der Waals surface area contributed by atoms with Crippen molar-refractivity contribution in [1.82, 2.24) is 0 Å². The van der Waals surface area contributed by atoms with Gasteiger partial charge in [0, 0.05) is 0 Å². The Labute approximate surface area is 60.1 Å². The summed E-state index contributed by atoms with van der Waals surface area (Å²) in [7, 11) is 0. The summed E-state index contributed by atoms with van der Waals surface area (Å²) in [6.45, 7) is 3.94. The van der Waals surface area contributed by atoms with Crippen molar-refractivity contribution in [2.24, 2.45) is 10.9 Å². The van der Waals surface area contributed by atoms with Crippen molar-refractivity contribution in [3.05, 3.63) is 0 Å². The number of rotatable bonds is 4. The first-order valence-electron chi connectivity index (χ1n) is 3.23. The van der Waals surface area contributed by atoms with Crippen LogP contribution in [0.15, 0.2) is 4.99 Å². The average Bonchev–Trinajstić information content (AvgIpc) is 1.86. The third kappa shape index (κ3) is 3.98. The quantitative estimate of drug-likeness (QED) is 0.332. The zero-order valence-corrected chi connectivity index (χ0v) is 6.20. The molecule has 0 saturated carbocycles. The number of aldehydes is 1. The number of carbonyl (C=O) groups excluding carboxylic acids is 2. The SMILES string of the molecule is CC(C)C[C@@H](C=O)N=C=O. The van der Waals surface area contributed by atoms with Gasteiger partial charge in [-0.3, -0.25) is 0 Å². The summed E-state index contributed by atoms with van der Waals surface area (Å²) in [5.41, 5.74) is 0. The van der Waals surface area contributed by atoms with Crippen molar-refractivity contribution in [2.75, 3.05) is 0 Å². The van der Waals surface area contributed by atoms with E-state index in [1.54, 1.807) is 0 Å². The van der Waals surface area contributed by atoms with E-state index in [0.29, 0.717) is 18.6 Å². The topological polar surface area (TPSA) is 46.5 Å². The summed E-state index contributed by atoms with van der Waals surface area (Å²) in [6, 6.07) is -0.488. The Kier molecular flexibility index (Phi) is 4.42. The molecule has 0 fully saturated rings. The first-order chi connectivity index (χ1) is 4.70. The van der Waals surface area contributed by atoms with E-state index in [4.69, 9.17) is 0 Å². The molecule has 0 aromatic carbocycles. The molecule has 0 N–H and O–H groups in total. The van der Waals surface area contributed by atoms with Crippen LogP contribution in [0.1, 0.15) is 20.3 Å². The average molecular weight is 141 g/mol. The lowest BCUT2D eigenvalue weighted by Gasteiger charge is -2.04. The monoisotopic (exact) mass is 141 g/mol. The number of carbonyl (C=O) groups is 1. The molecule has 0 spiro atoms. The summed E-state index contributed by atoms with van der Waals surface area (Å²) < 4.78 is 0. The molecule has 3 heteroatoms. The number of hydrogen-bond acceptors (Lipinski definition) is 3. The van der Waals surface area contributed by atoms with Gasteiger partial charge in [-0.15, -0.1) is 0 Å². The minimum absolute atomic E-state index is 0.382. The van der Waals surface area contributed by atoms with Crippen LogP contribution in [0.5, 0.6) is 0 Å². The molecular formula is C7H11NO2. The molecule has 10 heavy (non-hydrogen) atoms. The van der Waals surface area contributed by atoms with E-state index < -0.39 is 6.04 Å². The van der Waals surface area contributed by atoms with Gasteiger partial charge in [0.25, 0.3) is 0 Å². The van der Waals surface area contributed by atoms with E-state index in [9.17, 15) is 9.59 Å². The van der Waals surface area contributed by atoms with Crippen molar-refractivity contribution in [3.8, 4) is 0 Å².